The van der Waals surface area contributed by atoms with Gasteiger partial charge in [0.15, 0.2) is 0 Å². The van der Waals surface area contributed by atoms with Crippen molar-refractivity contribution >= 4 is 11.6 Å². The van der Waals surface area contributed by atoms with E-state index in [0.29, 0.717) is 5.02 Å². The predicted octanol–water partition coefficient (Wildman–Crippen LogP) is 2.36. The van der Waals surface area contributed by atoms with E-state index in [2.05, 4.69) is 32.0 Å². The summed E-state index contributed by atoms with van der Waals surface area (Å²) in [4.78, 5) is 11.5. The van der Waals surface area contributed by atoms with Gasteiger partial charge in [-0.05, 0) is 6.42 Å². The fourth-order valence-corrected chi connectivity index (χ4v) is 2.68. The molecule has 20 heavy (non-hydrogen) atoms. The average molecular weight is 292 g/mol. The molecule has 0 radical (unpaired) electrons. The average Bonchev–Trinajstić information content (AvgIpc) is 2.85. The molecule has 0 aromatic carbocycles. The number of aryl methyl sites for hydroxylation is 1. The zero-order valence-electron chi connectivity index (χ0n) is 11.6. The van der Waals surface area contributed by atoms with E-state index in [4.69, 9.17) is 11.6 Å². The summed E-state index contributed by atoms with van der Waals surface area (Å²) in [7, 11) is 0. The maximum absolute atomic E-state index is 6.07. The van der Waals surface area contributed by atoms with E-state index in [0.717, 1.165) is 50.4 Å². The zero-order valence-corrected chi connectivity index (χ0v) is 12.3. The molecule has 0 fully saturated rings. The molecule has 0 atom stereocenters. The highest BCUT2D eigenvalue weighted by Gasteiger charge is 2.19. The summed E-state index contributed by atoms with van der Waals surface area (Å²) in [5.41, 5.74) is 3.40. The van der Waals surface area contributed by atoms with Gasteiger partial charge in [-0.2, -0.15) is 5.10 Å². The van der Waals surface area contributed by atoms with Crippen LogP contribution in [0, 0.1) is 0 Å². The second kappa shape index (κ2) is 5.89. The number of halogens is 1. The van der Waals surface area contributed by atoms with E-state index in [9.17, 15) is 0 Å². The Kier molecular flexibility index (Phi) is 3.98. The molecule has 1 N–H and O–H groups in total. The molecule has 6 heteroatoms. The van der Waals surface area contributed by atoms with Crippen LogP contribution in [0.15, 0.2) is 12.4 Å². The SMILES string of the molecule is CCCc1ncc2c(n1)CCN(Cc1[nH]ncc1Cl)C2. The third-order valence-corrected chi connectivity index (χ3v) is 3.91. The van der Waals surface area contributed by atoms with Gasteiger partial charge in [0.2, 0.25) is 0 Å². The molecule has 0 amide bonds. The Bertz CT molecular complexity index is 595. The molecule has 2 aromatic heterocycles. The predicted molar refractivity (Wildman–Crippen MR) is 77.4 cm³/mol. The molecule has 0 bridgehead atoms. The Morgan fingerprint density at radius 2 is 2.30 bits per heavy atom. The van der Waals surface area contributed by atoms with Crippen molar-refractivity contribution in [2.75, 3.05) is 6.54 Å². The molecule has 3 heterocycles. The van der Waals surface area contributed by atoms with Gasteiger partial charge < -0.3 is 0 Å². The molecule has 106 valence electrons. The molecular formula is C14H18ClN5. The van der Waals surface area contributed by atoms with Crippen LogP contribution in [0.2, 0.25) is 5.02 Å². The van der Waals surface area contributed by atoms with Gasteiger partial charge in [-0.1, -0.05) is 18.5 Å². The Hall–Kier alpha value is -1.46. The first-order valence-electron chi connectivity index (χ1n) is 7.00. The summed E-state index contributed by atoms with van der Waals surface area (Å²) in [6, 6.07) is 0. The molecule has 1 aliphatic heterocycles. The van der Waals surface area contributed by atoms with Crippen molar-refractivity contribution in [1.29, 1.82) is 0 Å². The lowest BCUT2D eigenvalue weighted by molar-refractivity contribution is 0.239. The van der Waals surface area contributed by atoms with E-state index in [-0.39, 0.29) is 0 Å². The molecule has 1 aliphatic rings. The minimum Gasteiger partial charge on any atom is -0.293 e. The van der Waals surface area contributed by atoms with Crippen molar-refractivity contribution in [3.05, 3.63) is 40.2 Å². The highest BCUT2D eigenvalue weighted by molar-refractivity contribution is 6.31. The number of nitrogens with zero attached hydrogens (tertiary/aromatic N) is 4. The van der Waals surface area contributed by atoms with Crippen molar-refractivity contribution in [3.8, 4) is 0 Å². The van der Waals surface area contributed by atoms with Crippen LogP contribution in [0.1, 0.15) is 36.1 Å². The molecule has 0 aliphatic carbocycles. The van der Waals surface area contributed by atoms with Gasteiger partial charge in [0.05, 0.1) is 16.9 Å². The van der Waals surface area contributed by atoms with Gasteiger partial charge in [0.1, 0.15) is 5.82 Å². The summed E-state index contributed by atoms with van der Waals surface area (Å²) in [5, 5.41) is 7.60. The number of hydrogen-bond acceptors (Lipinski definition) is 4. The van der Waals surface area contributed by atoms with Crippen molar-refractivity contribution in [2.45, 2.75) is 39.3 Å². The van der Waals surface area contributed by atoms with Crippen molar-refractivity contribution in [2.24, 2.45) is 0 Å². The second-order valence-corrected chi connectivity index (χ2v) is 5.57. The van der Waals surface area contributed by atoms with Crippen LogP contribution < -0.4 is 0 Å². The van der Waals surface area contributed by atoms with Crippen LogP contribution in [0.4, 0.5) is 0 Å². The number of aromatic nitrogens is 4. The number of hydrogen-bond donors (Lipinski definition) is 1. The van der Waals surface area contributed by atoms with Crippen molar-refractivity contribution in [1.82, 2.24) is 25.1 Å². The Labute approximate surface area is 123 Å². The molecule has 3 rings (SSSR count). The third kappa shape index (κ3) is 2.83. The second-order valence-electron chi connectivity index (χ2n) is 5.17. The topological polar surface area (TPSA) is 57.7 Å². The first kappa shape index (κ1) is 13.5. The summed E-state index contributed by atoms with van der Waals surface area (Å²) in [6.07, 6.45) is 6.65. The summed E-state index contributed by atoms with van der Waals surface area (Å²) in [5.74, 6) is 0.969. The smallest absolute Gasteiger partial charge is 0.128 e. The van der Waals surface area contributed by atoms with E-state index in [1.54, 1.807) is 6.20 Å². The minimum absolute atomic E-state index is 0.699. The molecule has 0 unspecified atom stereocenters. The lowest BCUT2D eigenvalue weighted by Gasteiger charge is -2.27. The molecule has 0 spiro atoms. The van der Waals surface area contributed by atoms with E-state index in [1.165, 1.54) is 11.3 Å². The Balaban J connectivity index is 1.71. The zero-order chi connectivity index (χ0) is 13.9. The van der Waals surface area contributed by atoms with Gasteiger partial charge in [-0.15, -0.1) is 0 Å². The van der Waals surface area contributed by atoms with Gasteiger partial charge >= 0.3 is 0 Å². The van der Waals surface area contributed by atoms with E-state index >= 15 is 0 Å². The molecule has 0 saturated carbocycles. The van der Waals surface area contributed by atoms with Gasteiger partial charge in [0.25, 0.3) is 0 Å². The van der Waals surface area contributed by atoms with E-state index in [1.807, 2.05) is 6.20 Å². The van der Waals surface area contributed by atoms with Crippen LogP contribution in [0.25, 0.3) is 0 Å². The number of fused-ring (bicyclic) bond motifs is 1. The monoisotopic (exact) mass is 291 g/mol. The quantitative estimate of drug-likeness (QED) is 0.939. The molecule has 5 nitrogen and oxygen atoms in total. The van der Waals surface area contributed by atoms with Crippen LogP contribution in [-0.4, -0.2) is 31.6 Å². The third-order valence-electron chi connectivity index (χ3n) is 3.58. The number of aromatic amines is 1. The summed E-state index contributed by atoms with van der Waals surface area (Å²) in [6.45, 7) is 4.80. The number of H-pyrrole nitrogens is 1. The lowest BCUT2D eigenvalue weighted by atomic mass is 10.1. The lowest BCUT2D eigenvalue weighted by Crippen LogP contribution is -2.31. The van der Waals surface area contributed by atoms with Crippen molar-refractivity contribution < 1.29 is 0 Å². The van der Waals surface area contributed by atoms with Crippen LogP contribution in [0.5, 0.6) is 0 Å². The summed E-state index contributed by atoms with van der Waals surface area (Å²) < 4.78 is 0. The molecular weight excluding hydrogens is 274 g/mol. The van der Waals surface area contributed by atoms with E-state index < -0.39 is 0 Å². The minimum atomic E-state index is 0.699. The number of rotatable bonds is 4. The normalized spacial score (nSPS) is 15.3. The van der Waals surface area contributed by atoms with Crippen LogP contribution in [0.3, 0.4) is 0 Å². The Morgan fingerprint density at radius 3 is 3.05 bits per heavy atom. The van der Waals surface area contributed by atoms with Gasteiger partial charge in [-0.25, -0.2) is 9.97 Å². The number of nitrogens with one attached hydrogen (secondary N) is 1. The fourth-order valence-electron chi connectivity index (χ4n) is 2.53. The molecule has 2 aromatic rings. The molecule has 0 saturated heterocycles. The van der Waals surface area contributed by atoms with Gasteiger partial charge in [-0.3, -0.25) is 10.00 Å². The maximum atomic E-state index is 6.07. The maximum Gasteiger partial charge on any atom is 0.128 e. The standard InChI is InChI=1S/C14H18ClN5/c1-2-3-14-16-6-10-8-20(5-4-12(10)18-14)9-13-11(15)7-17-19-13/h6-7H,2-5,8-9H2,1H3,(H,17,19). The van der Waals surface area contributed by atoms with Crippen LogP contribution >= 0.6 is 11.6 Å². The highest BCUT2D eigenvalue weighted by atomic mass is 35.5. The van der Waals surface area contributed by atoms with Crippen LogP contribution in [-0.2, 0) is 25.9 Å². The first-order valence-corrected chi connectivity index (χ1v) is 7.38. The first-order chi connectivity index (χ1) is 9.76. The summed E-state index contributed by atoms with van der Waals surface area (Å²) >= 11 is 6.07. The largest absolute Gasteiger partial charge is 0.293 e. The Morgan fingerprint density at radius 1 is 1.40 bits per heavy atom. The van der Waals surface area contributed by atoms with Crippen molar-refractivity contribution in [3.63, 3.8) is 0 Å². The highest BCUT2D eigenvalue weighted by Crippen LogP contribution is 2.20. The van der Waals surface area contributed by atoms with Gasteiger partial charge in [0, 0.05) is 49.9 Å². The fraction of sp³-hybridized carbons (Fsp3) is 0.500.